The number of aromatic nitrogens is 1. The first kappa shape index (κ1) is 12.1. The van der Waals surface area contributed by atoms with Crippen LogP contribution >= 0.6 is 24.2 Å². The zero-order valence-corrected chi connectivity index (χ0v) is 10.6. The average molecular weight is 264 g/mol. The van der Waals surface area contributed by atoms with Crippen molar-refractivity contribution in [3.05, 3.63) is 35.0 Å². The van der Waals surface area contributed by atoms with Gasteiger partial charge in [-0.05, 0) is 18.2 Å². The molecule has 0 bridgehead atoms. The summed E-state index contributed by atoms with van der Waals surface area (Å²) in [5.41, 5.74) is 0.984. The van der Waals surface area contributed by atoms with E-state index in [4.69, 9.17) is 11.6 Å². The van der Waals surface area contributed by atoms with Gasteiger partial charge in [0.15, 0.2) is 5.75 Å². The molecule has 2 nitrogen and oxygen atoms in total. The molecule has 0 aliphatic carbocycles. The third-order valence-corrected chi connectivity index (χ3v) is 2.81. The first-order valence-corrected chi connectivity index (χ1v) is 6.11. The van der Waals surface area contributed by atoms with Crippen molar-refractivity contribution in [3.63, 3.8) is 0 Å². The number of phenols is 1. The van der Waals surface area contributed by atoms with Gasteiger partial charge in [0.05, 0.1) is 10.6 Å². The Labute approximate surface area is 110 Å². The van der Waals surface area contributed by atoms with Gasteiger partial charge in [-0.3, -0.25) is 4.98 Å². The number of pyridine rings is 1. The molecule has 0 radical (unpaired) electrons. The summed E-state index contributed by atoms with van der Waals surface area (Å²) in [4.78, 5) is 4.11. The molecule has 17 heavy (non-hydrogen) atoms. The molecule has 0 saturated heterocycles. The molecule has 0 spiro atoms. The summed E-state index contributed by atoms with van der Waals surface area (Å²) in [6.07, 6.45) is 2.28. The summed E-state index contributed by atoms with van der Waals surface area (Å²) in [5.74, 6) is 6.55. The van der Waals surface area contributed by atoms with Crippen LogP contribution < -0.4 is 0 Å². The van der Waals surface area contributed by atoms with Crippen molar-refractivity contribution >= 4 is 35.1 Å². The van der Waals surface area contributed by atoms with Crippen molar-refractivity contribution in [1.82, 2.24) is 4.98 Å². The molecule has 0 unspecified atom stereocenters. The molecule has 2 aromatic rings. The summed E-state index contributed by atoms with van der Waals surface area (Å²) in [6.45, 7) is 0. The molecule has 2 rings (SSSR count). The highest BCUT2D eigenvalue weighted by molar-refractivity contribution is 7.80. The van der Waals surface area contributed by atoms with E-state index in [1.807, 2.05) is 6.07 Å². The van der Waals surface area contributed by atoms with Crippen molar-refractivity contribution < 1.29 is 5.11 Å². The minimum absolute atomic E-state index is 0.0802. The monoisotopic (exact) mass is 263 g/mol. The standard InChI is InChI=1S/C13H10ClNOS/c14-11-8-9(4-1-2-7-17)13(16)12-10(11)5-3-6-15-12/h3,5-6,8,16-17H,2,7H2. The number of rotatable bonds is 1. The summed E-state index contributed by atoms with van der Waals surface area (Å²) in [7, 11) is 0. The van der Waals surface area contributed by atoms with E-state index in [9.17, 15) is 5.11 Å². The van der Waals surface area contributed by atoms with Crippen molar-refractivity contribution in [2.24, 2.45) is 0 Å². The highest BCUT2D eigenvalue weighted by Gasteiger charge is 2.09. The fraction of sp³-hybridized carbons (Fsp3) is 0.154. The second-order valence-corrected chi connectivity index (χ2v) is 4.28. The van der Waals surface area contributed by atoms with Gasteiger partial charge < -0.3 is 5.11 Å². The lowest BCUT2D eigenvalue weighted by Crippen LogP contribution is -1.85. The van der Waals surface area contributed by atoms with Gasteiger partial charge in [-0.2, -0.15) is 12.6 Å². The lowest BCUT2D eigenvalue weighted by molar-refractivity contribution is 0.479. The molecule has 0 aliphatic rings. The number of halogens is 1. The molecular weight excluding hydrogens is 254 g/mol. The Morgan fingerprint density at radius 3 is 3.06 bits per heavy atom. The van der Waals surface area contributed by atoms with Crippen LogP contribution in [0.5, 0.6) is 5.75 Å². The van der Waals surface area contributed by atoms with E-state index in [0.717, 1.165) is 5.39 Å². The van der Waals surface area contributed by atoms with E-state index in [1.54, 1.807) is 18.3 Å². The number of phenolic OH excluding ortho intramolecular Hbond substituents is 1. The molecular formula is C13H10ClNOS. The van der Waals surface area contributed by atoms with E-state index in [-0.39, 0.29) is 5.75 Å². The highest BCUT2D eigenvalue weighted by Crippen LogP contribution is 2.32. The molecule has 1 heterocycles. The van der Waals surface area contributed by atoms with E-state index < -0.39 is 0 Å². The van der Waals surface area contributed by atoms with Gasteiger partial charge in [0.2, 0.25) is 0 Å². The number of fused-ring (bicyclic) bond motifs is 1. The third kappa shape index (κ3) is 2.49. The molecule has 0 atom stereocenters. The molecule has 0 saturated carbocycles. The van der Waals surface area contributed by atoms with E-state index in [1.165, 1.54) is 0 Å². The molecule has 0 amide bonds. The first-order chi connectivity index (χ1) is 8.24. The Morgan fingerprint density at radius 1 is 1.47 bits per heavy atom. The van der Waals surface area contributed by atoms with Crippen molar-refractivity contribution in [3.8, 4) is 17.6 Å². The second-order valence-electron chi connectivity index (χ2n) is 3.43. The van der Waals surface area contributed by atoms with E-state index in [0.29, 0.717) is 28.3 Å². The van der Waals surface area contributed by atoms with E-state index in [2.05, 4.69) is 29.5 Å². The molecule has 4 heteroatoms. The van der Waals surface area contributed by atoms with Crippen molar-refractivity contribution in [1.29, 1.82) is 0 Å². The van der Waals surface area contributed by atoms with Gasteiger partial charge in [-0.25, -0.2) is 0 Å². The average Bonchev–Trinajstić information content (AvgIpc) is 2.36. The van der Waals surface area contributed by atoms with Crippen molar-refractivity contribution in [2.75, 3.05) is 5.75 Å². The highest BCUT2D eigenvalue weighted by atomic mass is 35.5. The zero-order chi connectivity index (χ0) is 12.3. The number of aromatic hydroxyl groups is 1. The molecule has 1 aromatic heterocycles. The quantitative estimate of drug-likeness (QED) is 0.612. The van der Waals surface area contributed by atoms with Crippen LogP contribution in [-0.2, 0) is 0 Å². The maximum Gasteiger partial charge on any atom is 0.157 e. The summed E-state index contributed by atoms with van der Waals surface area (Å²) in [6, 6.07) is 5.25. The van der Waals surface area contributed by atoms with Crippen LogP contribution in [-0.4, -0.2) is 15.8 Å². The lowest BCUT2D eigenvalue weighted by Gasteiger charge is -2.04. The van der Waals surface area contributed by atoms with Gasteiger partial charge in [-0.1, -0.05) is 23.4 Å². The first-order valence-electron chi connectivity index (χ1n) is 5.10. The minimum Gasteiger partial charge on any atom is -0.504 e. The van der Waals surface area contributed by atoms with Crippen LogP contribution in [0, 0.1) is 11.8 Å². The second kappa shape index (κ2) is 5.31. The van der Waals surface area contributed by atoms with Crippen LogP contribution in [0.2, 0.25) is 5.02 Å². The van der Waals surface area contributed by atoms with Gasteiger partial charge in [-0.15, -0.1) is 0 Å². The summed E-state index contributed by atoms with van der Waals surface area (Å²) < 4.78 is 0. The minimum atomic E-state index is 0.0802. The van der Waals surface area contributed by atoms with Gasteiger partial charge in [0.1, 0.15) is 5.52 Å². The summed E-state index contributed by atoms with van der Waals surface area (Å²) in [5, 5.41) is 11.3. The third-order valence-electron chi connectivity index (χ3n) is 2.28. The smallest absolute Gasteiger partial charge is 0.157 e. The fourth-order valence-corrected chi connectivity index (χ4v) is 1.87. The SMILES string of the molecule is Oc1c(C#CCCS)cc(Cl)c2cccnc12. The zero-order valence-electron chi connectivity index (χ0n) is 8.94. The number of benzene rings is 1. The van der Waals surface area contributed by atoms with Crippen LogP contribution in [0.4, 0.5) is 0 Å². The maximum atomic E-state index is 10.0. The van der Waals surface area contributed by atoms with Crippen LogP contribution in [0.15, 0.2) is 24.4 Å². The maximum absolute atomic E-state index is 10.0. The van der Waals surface area contributed by atoms with Gasteiger partial charge in [0.25, 0.3) is 0 Å². The molecule has 0 aliphatic heterocycles. The molecule has 1 aromatic carbocycles. The number of thiol groups is 1. The Hall–Kier alpha value is -1.37. The predicted molar refractivity (Wildman–Crippen MR) is 73.8 cm³/mol. The largest absolute Gasteiger partial charge is 0.504 e. The van der Waals surface area contributed by atoms with E-state index >= 15 is 0 Å². The number of hydrogen-bond acceptors (Lipinski definition) is 3. The topological polar surface area (TPSA) is 33.1 Å². The summed E-state index contributed by atoms with van der Waals surface area (Å²) >= 11 is 10.2. The lowest BCUT2D eigenvalue weighted by atomic mass is 10.1. The number of hydrogen-bond donors (Lipinski definition) is 2. The molecule has 86 valence electrons. The molecule has 0 fully saturated rings. The normalized spacial score (nSPS) is 10.0. The van der Waals surface area contributed by atoms with Crippen LogP contribution in [0.3, 0.4) is 0 Å². The van der Waals surface area contributed by atoms with Gasteiger partial charge >= 0.3 is 0 Å². The van der Waals surface area contributed by atoms with Crippen LogP contribution in [0.25, 0.3) is 10.9 Å². The Bertz CT molecular complexity index is 616. The van der Waals surface area contributed by atoms with Crippen LogP contribution in [0.1, 0.15) is 12.0 Å². The number of nitrogens with zero attached hydrogens (tertiary/aromatic N) is 1. The Morgan fingerprint density at radius 2 is 2.29 bits per heavy atom. The van der Waals surface area contributed by atoms with Crippen molar-refractivity contribution in [2.45, 2.75) is 6.42 Å². The van der Waals surface area contributed by atoms with Gasteiger partial charge in [0, 0.05) is 23.8 Å². The Balaban J connectivity index is 2.60. The molecule has 1 N–H and O–H groups in total. The fourth-order valence-electron chi connectivity index (χ4n) is 1.50. The predicted octanol–water partition coefficient (Wildman–Crippen LogP) is 3.27. The Kier molecular flexibility index (Phi) is 3.78.